The molecule has 0 atom stereocenters. The normalized spacial score (nSPS) is 19.0. The van der Waals surface area contributed by atoms with Gasteiger partial charge in [-0.3, -0.25) is 0 Å². The molecule has 0 aliphatic heterocycles. The Bertz CT molecular complexity index is 579. The van der Waals surface area contributed by atoms with Crippen LogP contribution in [0.1, 0.15) is 25.7 Å². The maximum Gasteiger partial charge on any atom is 0.175 e. The summed E-state index contributed by atoms with van der Waals surface area (Å²) in [6, 6.07) is 7.38. The summed E-state index contributed by atoms with van der Waals surface area (Å²) in [4.78, 5) is 0.307. The van der Waals surface area contributed by atoms with Crippen molar-refractivity contribution in [2.75, 3.05) is 19.4 Å². The second kappa shape index (κ2) is 5.97. The molecule has 4 nitrogen and oxygen atoms in total. The first-order chi connectivity index (χ1) is 10.0. The minimum Gasteiger partial charge on any atom is -0.492 e. The van der Waals surface area contributed by atoms with Crippen LogP contribution in [0.2, 0.25) is 0 Å². The molecular formula is C16H23NO3S. The number of rotatable bonds is 8. The topological polar surface area (TPSA) is 55.4 Å². The van der Waals surface area contributed by atoms with Crippen molar-refractivity contribution in [2.24, 2.45) is 11.8 Å². The van der Waals surface area contributed by atoms with Gasteiger partial charge in [0.2, 0.25) is 0 Å². The van der Waals surface area contributed by atoms with E-state index in [0.717, 1.165) is 18.4 Å². The van der Waals surface area contributed by atoms with E-state index in [1.807, 2.05) is 0 Å². The van der Waals surface area contributed by atoms with E-state index in [4.69, 9.17) is 4.74 Å². The predicted octanol–water partition coefficient (Wildman–Crippen LogP) is 2.25. The molecule has 0 aromatic heterocycles. The molecule has 1 aromatic carbocycles. The molecule has 2 fully saturated rings. The van der Waals surface area contributed by atoms with Gasteiger partial charge in [0.25, 0.3) is 0 Å². The molecule has 2 aliphatic rings. The van der Waals surface area contributed by atoms with Gasteiger partial charge in [0.1, 0.15) is 12.4 Å². The Morgan fingerprint density at radius 2 is 1.90 bits per heavy atom. The van der Waals surface area contributed by atoms with Crippen molar-refractivity contribution in [3.05, 3.63) is 24.3 Å². The average molecular weight is 309 g/mol. The van der Waals surface area contributed by atoms with Crippen LogP contribution in [-0.4, -0.2) is 33.9 Å². The largest absolute Gasteiger partial charge is 0.492 e. The first kappa shape index (κ1) is 14.9. The van der Waals surface area contributed by atoms with Gasteiger partial charge in [-0.15, -0.1) is 0 Å². The number of benzene rings is 1. The Morgan fingerprint density at radius 1 is 1.24 bits per heavy atom. The number of hydrogen-bond donors (Lipinski definition) is 1. The lowest BCUT2D eigenvalue weighted by Gasteiger charge is -2.17. The van der Waals surface area contributed by atoms with Crippen LogP contribution >= 0.6 is 0 Å². The van der Waals surface area contributed by atoms with Crippen LogP contribution in [0.15, 0.2) is 29.2 Å². The van der Waals surface area contributed by atoms with E-state index in [9.17, 15) is 8.42 Å². The highest BCUT2D eigenvalue weighted by Crippen LogP contribution is 2.44. The summed E-state index contributed by atoms with van der Waals surface area (Å²) in [6.07, 6.45) is 6.68. The number of ether oxygens (including phenoxy) is 1. The van der Waals surface area contributed by atoms with Crippen LogP contribution in [0.25, 0.3) is 0 Å². The van der Waals surface area contributed by atoms with Crippen LogP contribution in [0.5, 0.6) is 5.75 Å². The van der Waals surface area contributed by atoms with E-state index in [2.05, 4.69) is 5.32 Å². The van der Waals surface area contributed by atoms with Gasteiger partial charge in [0.05, 0.1) is 4.90 Å². The minimum atomic E-state index is -3.17. The Morgan fingerprint density at radius 3 is 2.48 bits per heavy atom. The highest BCUT2D eigenvalue weighted by molar-refractivity contribution is 7.90. The quantitative estimate of drug-likeness (QED) is 0.748. The number of hydrogen-bond acceptors (Lipinski definition) is 4. The summed E-state index contributed by atoms with van der Waals surface area (Å²) < 4.78 is 28.7. The van der Waals surface area contributed by atoms with Crippen LogP contribution < -0.4 is 10.1 Å². The summed E-state index contributed by atoms with van der Waals surface area (Å²) in [5.74, 6) is 2.38. The van der Waals surface area contributed by atoms with Gasteiger partial charge in [-0.1, -0.05) is 6.07 Å². The van der Waals surface area contributed by atoms with Crippen molar-refractivity contribution in [1.29, 1.82) is 0 Å². The van der Waals surface area contributed by atoms with Crippen molar-refractivity contribution in [3.63, 3.8) is 0 Å². The molecular weight excluding hydrogens is 286 g/mol. The van der Waals surface area contributed by atoms with E-state index in [0.29, 0.717) is 23.3 Å². The molecule has 1 N–H and O–H groups in total. The van der Waals surface area contributed by atoms with Crippen LogP contribution in [0, 0.1) is 11.8 Å². The van der Waals surface area contributed by atoms with Crippen molar-refractivity contribution in [3.8, 4) is 5.75 Å². The van der Waals surface area contributed by atoms with Crippen LogP contribution in [-0.2, 0) is 9.84 Å². The van der Waals surface area contributed by atoms with E-state index in [-0.39, 0.29) is 0 Å². The molecule has 5 heteroatoms. The van der Waals surface area contributed by atoms with E-state index in [1.165, 1.54) is 31.9 Å². The fraction of sp³-hybridized carbons (Fsp3) is 0.625. The average Bonchev–Trinajstić information content (AvgIpc) is 3.31. The third-order valence-electron chi connectivity index (χ3n) is 4.24. The number of sulfone groups is 1. The molecule has 116 valence electrons. The SMILES string of the molecule is CS(=O)(=O)c1cccc(OCCNC(C2CC2)C2CC2)c1. The minimum absolute atomic E-state index is 0.307. The zero-order valence-corrected chi connectivity index (χ0v) is 13.2. The third-order valence-corrected chi connectivity index (χ3v) is 5.35. The lowest BCUT2D eigenvalue weighted by Crippen LogP contribution is -2.36. The highest BCUT2D eigenvalue weighted by Gasteiger charge is 2.40. The fourth-order valence-corrected chi connectivity index (χ4v) is 3.47. The zero-order valence-electron chi connectivity index (χ0n) is 12.4. The summed E-state index contributed by atoms with van der Waals surface area (Å²) >= 11 is 0. The lowest BCUT2D eigenvalue weighted by atomic mass is 10.1. The first-order valence-corrected chi connectivity index (χ1v) is 9.59. The lowest BCUT2D eigenvalue weighted by molar-refractivity contribution is 0.293. The monoisotopic (exact) mass is 309 g/mol. The molecule has 2 saturated carbocycles. The fourth-order valence-electron chi connectivity index (χ4n) is 2.82. The summed E-state index contributed by atoms with van der Waals surface area (Å²) in [7, 11) is -3.17. The third kappa shape index (κ3) is 4.20. The summed E-state index contributed by atoms with van der Waals surface area (Å²) in [6.45, 7) is 1.39. The van der Waals surface area contributed by atoms with Gasteiger partial charge in [0.15, 0.2) is 9.84 Å². The van der Waals surface area contributed by atoms with Crippen molar-refractivity contribution < 1.29 is 13.2 Å². The first-order valence-electron chi connectivity index (χ1n) is 7.70. The van der Waals surface area contributed by atoms with E-state index >= 15 is 0 Å². The van der Waals surface area contributed by atoms with Crippen molar-refractivity contribution >= 4 is 9.84 Å². The standard InChI is InChI=1S/C16H23NO3S/c1-21(18,19)15-4-2-3-14(11-15)20-10-9-17-16(12-5-6-12)13-7-8-13/h2-4,11-13,16-17H,5-10H2,1H3. The van der Waals surface area contributed by atoms with E-state index < -0.39 is 9.84 Å². The molecule has 0 saturated heterocycles. The van der Waals surface area contributed by atoms with Crippen molar-refractivity contribution in [2.45, 2.75) is 36.6 Å². The summed E-state index contributed by atoms with van der Waals surface area (Å²) in [5, 5.41) is 3.62. The van der Waals surface area contributed by atoms with Gasteiger partial charge in [-0.05, 0) is 55.7 Å². The second-order valence-corrected chi connectivity index (χ2v) is 8.27. The van der Waals surface area contributed by atoms with Crippen LogP contribution in [0.4, 0.5) is 0 Å². The molecule has 2 aliphatic carbocycles. The Hall–Kier alpha value is -1.07. The molecule has 1 aromatic rings. The van der Waals surface area contributed by atoms with Gasteiger partial charge >= 0.3 is 0 Å². The van der Waals surface area contributed by atoms with Gasteiger partial charge in [-0.2, -0.15) is 0 Å². The van der Waals surface area contributed by atoms with Crippen molar-refractivity contribution in [1.82, 2.24) is 5.32 Å². The molecule has 0 radical (unpaired) electrons. The molecule has 3 rings (SSSR count). The number of nitrogens with one attached hydrogen (secondary N) is 1. The van der Waals surface area contributed by atoms with Crippen LogP contribution in [0.3, 0.4) is 0 Å². The molecule has 0 bridgehead atoms. The molecule has 0 unspecified atom stereocenters. The molecule has 0 amide bonds. The maximum atomic E-state index is 11.5. The Labute approximate surface area is 126 Å². The van der Waals surface area contributed by atoms with Gasteiger partial charge < -0.3 is 10.1 Å². The Kier molecular flexibility index (Phi) is 4.22. The van der Waals surface area contributed by atoms with E-state index in [1.54, 1.807) is 24.3 Å². The summed E-state index contributed by atoms with van der Waals surface area (Å²) in [5.41, 5.74) is 0. The molecule has 0 heterocycles. The smallest absolute Gasteiger partial charge is 0.175 e. The highest BCUT2D eigenvalue weighted by atomic mass is 32.2. The van der Waals surface area contributed by atoms with Gasteiger partial charge in [0, 0.05) is 18.8 Å². The predicted molar refractivity (Wildman–Crippen MR) is 82.3 cm³/mol. The molecule has 0 spiro atoms. The zero-order chi connectivity index (χ0) is 14.9. The molecule has 21 heavy (non-hydrogen) atoms. The van der Waals surface area contributed by atoms with Gasteiger partial charge in [-0.25, -0.2) is 8.42 Å². The maximum absolute atomic E-state index is 11.5. The second-order valence-electron chi connectivity index (χ2n) is 6.25. The Balaban J connectivity index is 1.46.